The number of hydrogen-bond acceptors (Lipinski definition) is 4. The molecule has 100 valence electrons. The van der Waals surface area contributed by atoms with Crippen LogP contribution in [0.2, 0.25) is 0 Å². The zero-order valence-corrected chi connectivity index (χ0v) is 10.3. The minimum atomic E-state index is -1.16. The van der Waals surface area contributed by atoms with Crippen LogP contribution in [0.3, 0.4) is 0 Å². The SMILES string of the molecule is C=CCN(c1c(C(=O)O)cccc1[N+](=O)[O-])C1CC1. The molecule has 0 aromatic heterocycles. The first-order valence-electron chi connectivity index (χ1n) is 5.94. The fourth-order valence-corrected chi connectivity index (χ4v) is 2.10. The van der Waals surface area contributed by atoms with E-state index in [4.69, 9.17) is 0 Å². The van der Waals surface area contributed by atoms with E-state index in [0.29, 0.717) is 6.54 Å². The minimum Gasteiger partial charge on any atom is -0.478 e. The Morgan fingerprint density at radius 1 is 1.58 bits per heavy atom. The molecule has 0 atom stereocenters. The van der Waals surface area contributed by atoms with Crippen molar-refractivity contribution in [2.45, 2.75) is 18.9 Å². The Hall–Kier alpha value is -2.37. The lowest BCUT2D eigenvalue weighted by molar-refractivity contribution is -0.384. The molecule has 2 rings (SSSR count). The molecule has 1 aromatic carbocycles. The van der Waals surface area contributed by atoms with Crippen LogP contribution < -0.4 is 4.90 Å². The van der Waals surface area contributed by atoms with Gasteiger partial charge in [0.05, 0.1) is 10.5 Å². The molecule has 0 radical (unpaired) electrons. The quantitative estimate of drug-likeness (QED) is 0.483. The second-order valence-electron chi connectivity index (χ2n) is 4.41. The van der Waals surface area contributed by atoms with E-state index in [9.17, 15) is 20.0 Å². The van der Waals surface area contributed by atoms with Gasteiger partial charge in [-0.3, -0.25) is 10.1 Å². The van der Waals surface area contributed by atoms with Crippen molar-refractivity contribution >= 4 is 17.3 Å². The number of aromatic carboxylic acids is 1. The molecule has 0 spiro atoms. The molecule has 0 bridgehead atoms. The molecule has 19 heavy (non-hydrogen) atoms. The summed E-state index contributed by atoms with van der Waals surface area (Å²) in [4.78, 5) is 23.6. The number of carboxylic acids is 1. The summed E-state index contributed by atoms with van der Waals surface area (Å²) >= 11 is 0. The van der Waals surface area contributed by atoms with Crippen LogP contribution in [-0.4, -0.2) is 28.6 Å². The smallest absolute Gasteiger partial charge is 0.338 e. The van der Waals surface area contributed by atoms with Gasteiger partial charge in [0.2, 0.25) is 0 Å². The summed E-state index contributed by atoms with van der Waals surface area (Å²) < 4.78 is 0. The Bertz CT molecular complexity index is 505. The number of carbonyl (C=O) groups is 1. The highest BCUT2D eigenvalue weighted by atomic mass is 16.6. The standard InChI is InChI=1S/C13H14N2O4/c1-2-8-14(9-6-7-9)12-10(13(16)17)4-3-5-11(12)15(18)19/h2-5,9H,1,6-8H2,(H,16,17). The number of para-hydroxylation sites is 1. The maximum Gasteiger partial charge on any atom is 0.338 e. The average Bonchev–Trinajstić information content (AvgIpc) is 3.19. The van der Waals surface area contributed by atoms with Gasteiger partial charge in [-0.05, 0) is 18.9 Å². The van der Waals surface area contributed by atoms with E-state index in [0.717, 1.165) is 12.8 Å². The second kappa shape index (κ2) is 5.09. The Balaban J connectivity index is 2.58. The summed E-state index contributed by atoms with van der Waals surface area (Å²) in [7, 11) is 0. The second-order valence-corrected chi connectivity index (χ2v) is 4.41. The molecular formula is C13H14N2O4. The first-order valence-corrected chi connectivity index (χ1v) is 5.94. The molecule has 0 heterocycles. The lowest BCUT2D eigenvalue weighted by Gasteiger charge is -2.24. The van der Waals surface area contributed by atoms with E-state index >= 15 is 0 Å². The highest BCUT2D eigenvalue weighted by molar-refractivity contribution is 5.97. The van der Waals surface area contributed by atoms with Crippen LogP contribution in [0.4, 0.5) is 11.4 Å². The normalized spacial score (nSPS) is 13.9. The van der Waals surface area contributed by atoms with Gasteiger partial charge in [-0.15, -0.1) is 6.58 Å². The number of hydrogen-bond donors (Lipinski definition) is 1. The third-order valence-electron chi connectivity index (χ3n) is 3.04. The van der Waals surface area contributed by atoms with E-state index in [1.54, 1.807) is 11.0 Å². The van der Waals surface area contributed by atoms with Crippen molar-refractivity contribution < 1.29 is 14.8 Å². The summed E-state index contributed by atoms with van der Waals surface area (Å²) in [5, 5.41) is 20.3. The number of nitro benzene ring substituents is 1. The first kappa shape index (κ1) is 13.1. The number of rotatable bonds is 6. The summed E-state index contributed by atoms with van der Waals surface area (Å²) in [5.74, 6) is -1.16. The highest BCUT2D eigenvalue weighted by Crippen LogP contribution is 2.39. The molecule has 6 nitrogen and oxygen atoms in total. The van der Waals surface area contributed by atoms with Crippen molar-refractivity contribution in [2.75, 3.05) is 11.4 Å². The number of nitro groups is 1. The van der Waals surface area contributed by atoms with Crippen molar-refractivity contribution in [1.29, 1.82) is 0 Å². The van der Waals surface area contributed by atoms with Crippen molar-refractivity contribution in [3.8, 4) is 0 Å². The minimum absolute atomic E-state index is 0.0389. The van der Waals surface area contributed by atoms with Crippen LogP contribution in [-0.2, 0) is 0 Å². The number of benzene rings is 1. The highest BCUT2D eigenvalue weighted by Gasteiger charge is 2.35. The van der Waals surface area contributed by atoms with Crippen LogP contribution in [0, 0.1) is 10.1 Å². The van der Waals surface area contributed by atoms with Gasteiger partial charge in [-0.25, -0.2) is 4.79 Å². The summed E-state index contributed by atoms with van der Waals surface area (Å²) in [6, 6.07) is 4.28. The van der Waals surface area contributed by atoms with Crippen LogP contribution in [0.1, 0.15) is 23.2 Å². The molecule has 1 N–H and O–H groups in total. The van der Waals surface area contributed by atoms with Gasteiger partial charge in [0, 0.05) is 18.7 Å². The summed E-state index contributed by atoms with van der Waals surface area (Å²) in [5.41, 5.74) is -0.0287. The molecule has 1 fully saturated rings. The molecule has 6 heteroatoms. The van der Waals surface area contributed by atoms with Gasteiger partial charge in [0.25, 0.3) is 5.69 Å². The molecule has 1 saturated carbocycles. The van der Waals surface area contributed by atoms with Crippen molar-refractivity contribution in [1.82, 2.24) is 0 Å². The zero-order chi connectivity index (χ0) is 14.0. The number of nitrogens with zero attached hydrogens (tertiary/aromatic N) is 2. The molecule has 1 aliphatic carbocycles. The van der Waals surface area contributed by atoms with E-state index < -0.39 is 10.9 Å². The fraction of sp³-hybridized carbons (Fsp3) is 0.308. The lowest BCUT2D eigenvalue weighted by atomic mass is 10.1. The van der Waals surface area contributed by atoms with E-state index in [1.165, 1.54) is 18.2 Å². The van der Waals surface area contributed by atoms with Gasteiger partial charge < -0.3 is 10.0 Å². The zero-order valence-electron chi connectivity index (χ0n) is 10.3. The lowest BCUT2D eigenvalue weighted by Crippen LogP contribution is -2.28. The molecule has 0 amide bonds. The van der Waals surface area contributed by atoms with Crippen LogP contribution >= 0.6 is 0 Å². The first-order chi connectivity index (χ1) is 9.06. The Morgan fingerprint density at radius 2 is 2.26 bits per heavy atom. The van der Waals surface area contributed by atoms with Gasteiger partial charge in [0.1, 0.15) is 5.69 Å². The molecular weight excluding hydrogens is 248 g/mol. The monoisotopic (exact) mass is 262 g/mol. The molecule has 0 unspecified atom stereocenters. The third-order valence-corrected chi connectivity index (χ3v) is 3.04. The Kier molecular flexibility index (Phi) is 3.50. The summed E-state index contributed by atoms with van der Waals surface area (Å²) in [6.07, 6.45) is 3.46. The maximum absolute atomic E-state index is 11.3. The number of carboxylic acid groups (broad SMARTS) is 1. The average molecular weight is 262 g/mol. The van der Waals surface area contributed by atoms with Crippen LogP contribution in [0.15, 0.2) is 30.9 Å². The van der Waals surface area contributed by atoms with E-state index in [1.807, 2.05) is 0 Å². The van der Waals surface area contributed by atoms with Gasteiger partial charge >= 0.3 is 5.97 Å². The van der Waals surface area contributed by atoms with Gasteiger partial charge in [-0.2, -0.15) is 0 Å². The molecule has 1 aliphatic rings. The maximum atomic E-state index is 11.3. The molecule has 0 saturated heterocycles. The van der Waals surface area contributed by atoms with Gasteiger partial charge in [0.15, 0.2) is 0 Å². The summed E-state index contributed by atoms with van der Waals surface area (Å²) in [6.45, 7) is 4.02. The fourth-order valence-electron chi connectivity index (χ4n) is 2.10. The van der Waals surface area contributed by atoms with E-state index in [2.05, 4.69) is 6.58 Å². The van der Waals surface area contributed by atoms with Crippen molar-refractivity contribution in [3.63, 3.8) is 0 Å². The topological polar surface area (TPSA) is 83.7 Å². The third kappa shape index (κ3) is 2.57. The van der Waals surface area contributed by atoms with Crippen LogP contribution in [0.5, 0.6) is 0 Å². The largest absolute Gasteiger partial charge is 0.478 e. The Labute approximate surface area is 110 Å². The predicted molar refractivity (Wildman–Crippen MR) is 70.6 cm³/mol. The Morgan fingerprint density at radius 3 is 2.74 bits per heavy atom. The molecule has 1 aromatic rings. The van der Waals surface area contributed by atoms with Crippen molar-refractivity contribution in [3.05, 3.63) is 46.5 Å². The van der Waals surface area contributed by atoms with Crippen molar-refractivity contribution in [2.24, 2.45) is 0 Å². The molecule has 0 aliphatic heterocycles. The van der Waals surface area contributed by atoms with Crippen LogP contribution in [0.25, 0.3) is 0 Å². The number of anilines is 1. The predicted octanol–water partition coefficient (Wildman–Crippen LogP) is 2.45. The van der Waals surface area contributed by atoms with E-state index in [-0.39, 0.29) is 23.0 Å². The van der Waals surface area contributed by atoms with Gasteiger partial charge in [-0.1, -0.05) is 12.1 Å².